The van der Waals surface area contributed by atoms with Gasteiger partial charge in [-0.05, 0) is 26.0 Å². The molecule has 4 heteroatoms. The van der Waals surface area contributed by atoms with Gasteiger partial charge in [-0.1, -0.05) is 0 Å². The maximum Gasteiger partial charge on any atom is 0.136 e. The zero-order valence-electron chi connectivity index (χ0n) is 9.45. The number of nitrogens with zero attached hydrogens (tertiary/aromatic N) is 1. The van der Waals surface area contributed by atoms with Crippen LogP contribution in [0, 0.1) is 0 Å². The number of nitrogen functional groups attached to an aromatic ring is 1. The predicted molar refractivity (Wildman–Crippen MR) is 65.7 cm³/mol. The van der Waals surface area contributed by atoms with Gasteiger partial charge in [-0.3, -0.25) is 4.99 Å². The lowest BCUT2D eigenvalue weighted by Gasteiger charge is -2.02. The number of furan rings is 1. The molecule has 2 aromatic rings. The van der Waals surface area contributed by atoms with Gasteiger partial charge in [-0.15, -0.1) is 0 Å². The van der Waals surface area contributed by atoms with E-state index in [0.717, 1.165) is 29.1 Å². The second kappa shape index (κ2) is 4.26. The summed E-state index contributed by atoms with van der Waals surface area (Å²) in [7, 11) is 0. The largest absolute Gasteiger partial charge is 0.464 e. The Hall–Kier alpha value is -1.97. The van der Waals surface area contributed by atoms with Crippen LogP contribution < -0.4 is 5.73 Å². The smallest absolute Gasteiger partial charge is 0.136 e. The molecule has 0 spiro atoms. The standard InChI is InChI=1S/C12H15N3O/c1-3-14-8(2)11-9(7-15-12(11)13)10-5-4-6-16-10/h4-7,15H,3,13H2,1-2H3. The van der Waals surface area contributed by atoms with Crippen molar-refractivity contribution in [2.75, 3.05) is 12.3 Å². The quantitative estimate of drug-likeness (QED) is 0.776. The number of nitrogens with one attached hydrogen (secondary N) is 1. The third-order valence-corrected chi connectivity index (χ3v) is 2.45. The number of aliphatic imine (C=N–C) groups is 1. The summed E-state index contributed by atoms with van der Waals surface area (Å²) in [4.78, 5) is 7.38. The van der Waals surface area contributed by atoms with E-state index >= 15 is 0 Å². The lowest BCUT2D eigenvalue weighted by Crippen LogP contribution is -2.00. The number of hydrogen-bond donors (Lipinski definition) is 2. The van der Waals surface area contributed by atoms with E-state index in [0.29, 0.717) is 5.82 Å². The Bertz CT molecular complexity index is 494. The van der Waals surface area contributed by atoms with E-state index in [9.17, 15) is 0 Å². The van der Waals surface area contributed by atoms with Gasteiger partial charge in [0.2, 0.25) is 0 Å². The van der Waals surface area contributed by atoms with Crippen LogP contribution in [0.25, 0.3) is 11.3 Å². The first kappa shape index (κ1) is 10.5. The van der Waals surface area contributed by atoms with Gasteiger partial charge in [0.25, 0.3) is 0 Å². The SMILES string of the molecule is CCN=C(C)c1c(-c2ccco2)c[nH]c1N. The summed E-state index contributed by atoms with van der Waals surface area (Å²) in [5, 5.41) is 0. The predicted octanol–water partition coefficient (Wildman–Crippen LogP) is 2.69. The summed E-state index contributed by atoms with van der Waals surface area (Å²) < 4.78 is 5.37. The Balaban J connectivity index is 2.53. The number of aromatic nitrogens is 1. The summed E-state index contributed by atoms with van der Waals surface area (Å²) in [6.45, 7) is 4.70. The van der Waals surface area contributed by atoms with Crippen LogP contribution >= 0.6 is 0 Å². The molecule has 0 saturated heterocycles. The van der Waals surface area contributed by atoms with Crippen molar-refractivity contribution in [2.24, 2.45) is 4.99 Å². The summed E-state index contributed by atoms with van der Waals surface area (Å²) in [6, 6.07) is 3.76. The van der Waals surface area contributed by atoms with Crippen LogP contribution in [-0.2, 0) is 0 Å². The van der Waals surface area contributed by atoms with Gasteiger partial charge in [0.15, 0.2) is 0 Å². The number of H-pyrrole nitrogens is 1. The summed E-state index contributed by atoms with van der Waals surface area (Å²) >= 11 is 0. The first-order valence-electron chi connectivity index (χ1n) is 5.26. The van der Waals surface area contributed by atoms with Crippen molar-refractivity contribution in [2.45, 2.75) is 13.8 Å². The normalized spacial score (nSPS) is 12.0. The first-order valence-corrected chi connectivity index (χ1v) is 5.26. The second-order valence-electron chi connectivity index (χ2n) is 3.53. The molecule has 4 nitrogen and oxygen atoms in total. The molecule has 3 N–H and O–H groups in total. The highest BCUT2D eigenvalue weighted by molar-refractivity contribution is 6.07. The summed E-state index contributed by atoms with van der Waals surface area (Å²) in [5.74, 6) is 1.43. The number of rotatable bonds is 3. The molecule has 16 heavy (non-hydrogen) atoms. The molecule has 0 amide bonds. The van der Waals surface area contributed by atoms with Crippen molar-refractivity contribution in [1.29, 1.82) is 0 Å². The van der Waals surface area contributed by atoms with Crippen LogP contribution in [-0.4, -0.2) is 17.2 Å². The van der Waals surface area contributed by atoms with Crippen molar-refractivity contribution in [3.8, 4) is 11.3 Å². The third-order valence-electron chi connectivity index (χ3n) is 2.45. The lowest BCUT2D eigenvalue weighted by atomic mass is 10.1. The van der Waals surface area contributed by atoms with Gasteiger partial charge < -0.3 is 15.1 Å². The molecule has 84 valence electrons. The first-order chi connectivity index (χ1) is 7.74. The number of nitrogens with two attached hydrogens (primary N) is 1. The topological polar surface area (TPSA) is 67.3 Å². The van der Waals surface area contributed by atoms with Crippen LogP contribution in [0.4, 0.5) is 5.82 Å². The molecule has 0 radical (unpaired) electrons. The van der Waals surface area contributed by atoms with Crippen molar-refractivity contribution in [3.63, 3.8) is 0 Å². The van der Waals surface area contributed by atoms with Gasteiger partial charge in [0.1, 0.15) is 11.6 Å². The van der Waals surface area contributed by atoms with E-state index in [1.807, 2.05) is 32.2 Å². The molecular weight excluding hydrogens is 202 g/mol. The van der Waals surface area contributed by atoms with Crippen LogP contribution in [0.2, 0.25) is 0 Å². The van der Waals surface area contributed by atoms with Gasteiger partial charge in [-0.25, -0.2) is 0 Å². The van der Waals surface area contributed by atoms with E-state index in [4.69, 9.17) is 10.2 Å². The van der Waals surface area contributed by atoms with Crippen LogP contribution in [0.5, 0.6) is 0 Å². The van der Waals surface area contributed by atoms with Crippen molar-refractivity contribution >= 4 is 11.5 Å². The Kier molecular flexibility index (Phi) is 2.81. The van der Waals surface area contributed by atoms with Gasteiger partial charge in [0.05, 0.1) is 6.26 Å². The van der Waals surface area contributed by atoms with Crippen LogP contribution in [0.15, 0.2) is 34.0 Å². The minimum atomic E-state index is 0.626. The Morgan fingerprint density at radius 3 is 3.00 bits per heavy atom. The fraction of sp³-hybridized carbons (Fsp3) is 0.250. The molecule has 0 unspecified atom stereocenters. The van der Waals surface area contributed by atoms with E-state index in [1.165, 1.54) is 0 Å². The van der Waals surface area contributed by atoms with E-state index < -0.39 is 0 Å². The highest BCUT2D eigenvalue weighted by atomic mass is 16.3. The Morgan fingerprint density at radius 2 is 2.38 bits per heavy atom. The average molecular weight is 217 g/mol. The van der Waals surface area contributed by atoms with E-state index in [-0.39, 0.29) is 0 Å². The number of hydrogen-bond acceptors (Lipinski definition) is 3. The molecular formula is C12H15N3O. The third kappa shape index (κ3) is 1.74. The lowest BCUT2D eigenvalue weighted by molar-refractivity contribution is 0.582. The summed E-state index contributed by atoms with van der Waals surface area (Å²) in [6.07, 6.45) is 3.49. The Labute approximate surface area is 94.2 Å². The average Bonchev–Trinajstić information content (AvgIpc) is 2.86. The molecule has 0 aliphatic rings. The second-order valence-corrected chi connectivity index (χ2v) is 3.53. The molecule has 0 aromatic carbocycles. The minimum absolute atomic E-state index is 0.626. The molecule has 0 fully saturated rings. The van der Waals surface area contributed by atoms with E-state index in [2.05, 4.69) is 9.98 Å². The molecule has 2 heterocycles. The highest BCUT2D eigenvalue weighted by Gasteiger charge is 2.14. The molecule has 0 aliphatic heterocycles. The van der Waals surface area contributed by atoms with Crippen LogP contribution in [0.3, 0.4) is 0 Å². The van der Waals surface area contributed by atoms with Crippen LogP contribution in [0.1, 0.15) is 19.4 Å². The monoisotopic (exact) mass is 217 g/mol. The Morgan fingerprint density at radius 1 is 1.56 bits per heavy atom. The molecule has 0 bridgehead atoms. The maximum absolute atomic E-state index is 5.90. The number of aromatic amines is 1. The summed E-state index contributed by atoms with van der Waals surface area (Å²) in [5.41, 5.74) is 8.71. The van der Waals surface area contributed by atoms with Crippen molar-refractivity contribution in [1.82, 2.24) is 4.98 Å². The minimum Gasteiger partial charge on any atom is -0.464 e. The molecule has 2 aromatic heterocycles. The zero-order chi connectivity index (χ0) is 11.5. The van der Waals surface area contributed by atoms with Crippen molar-refractivity contribution < 1.29 is 4.42 Å². The molecule has 2 rings (SSSR count). The zero-order valence-corrected chi connectivity index (χ0v) is 9.45. The fourth-order valence-corrected chi connectivity index (χ4v) is 1.77. The highest BCUT2D eigenvalue weighted by Crippen LogP contribution is 2.28. The van der Waals surface area contributed by atoms with Gasteiger partial charge in [-0.2, -0.15) is 0 Å². The van der Waals surface area contributed by atoms with E-state index in [1.54, 1.807) is 6.26 Å². The molecule has 0 aliphatic carbocycles. The number of anilines is 1. The molecule has 0 atom stereocenters. The van der Waals surface area contributed by atoms with Gasteiger partial charge in [0, 0.05) is 29.6 Å². The maximum atomic E-state index is 5.90. The van der Waals surface area contributed by atoms with Gasteiger partial charge >= 0.3 is 0 Å². The fourth-order valence-electron chi connectivity index (χ4n) is 1.77. The van der Waals surface area contributed by atoms with Crippen molar-refractivity contribution in [3.05, 3.63) is 30.2 Å². The molecule has 0 saturated carbocycles.